The fourth-order valence-corrected chi connectivity index (χ4v) is 4.61. The highest BCUT2D eigenvalue weighted by atomic mass is 32.2. The smallest absolute Gasteiger partial charge is 0.261 e. The van der Waals surface area contributed by atoms with Crippen LogP contribution in [0, 0.1) is 6.92 Å². The molecular formula is C23H23N3O3S. The van der Waals surface area contributed by atoms with Gasteiger partial charge in [0.15, 0.2) is 5.17 Å². The van der Waals surface area contributed by atoms with Crippen molar-refractivity contribution in [1.29, 1.82) is 0 Å². The molecule has 6 nitrogen and oxygen atoms in total. The zero-order valence-electron chi connectivity index (χ0n) is 16.8. The standard InChI is InChI=1S/C23H23N3O3S/c1-16-8-2-5-11-19(16)24-23-25(14-7-15-30-23)20(27)12-6-13-26-21(28)17-9-3-4-10-18(17)22(26)29/h2-5,8-11H,6-7,12-15H2,1H3. The molecule has 2 aliphatic heterocycles. The maximum atomic E-state index is 12.9. The molecule has 0 radical (unpaired) electrons. The molecule has 0 atom stereocenters. The van der Waals surface area contributed by atoms with E-state index in [1.165, 1.54) is 4.90 Å². The number of carbonyl (C=O) groups is 3. The van der Waals surface area contributed by atoms with Crippen molar-refractivity contribution < 1.29 is 14.4 Å². The monoisotopic (exact) mass is 421 g/mol. The molecular weight excluding hydrogens is 398 g/mol. The van der Waals surface area contributed by atoms with Crippen LogP contribution in [-0.4, -0.2) is 51.5 Å². The van der Waals surface area contributed by atoms with Crippen molar-refractivity contribution in [3.63, 3.8) is 0 Å². The quantitative estimate of drug-likeness (QED) is 0.684. The first-order valence-electron chi connectivity index (χ1n) is 10.1. The highest BCUT2D eigenvalue weighted by Crippen LogP contribution is 2.26. The van der Waals surface area contributed by atoms with Crippen LogP contribution in [0.25, 0.3) is 0 Å². The number of amidine groups is 1. The van der Waals surface area contributed by atoms with Crippen LogP contribution < -0.4 is 0 Å². The van der Waals surface area contributed by atoms with Crippen molar-refractivity contribution in [3.8, 4) is 0 Å². The Morgan fingerprint density at radius 2 is 1.70 bits per heavy atom. The number of aryl methyl sites for hydroxylation is 1. The van der Waals surface area contributed by atoms with Crippen molar-refractivity contribution in [2.45, 2.75) is 26.2 Å². The van der Waals surface area contributed by atoms with Crippen LogP contribution in [-0.2, 0) is 4.79 Å². The van der Waals surface area contributed by atoms with Gasteiger partial charge in [0.2, 0.25) is 5.91 Å². The average Bonchev–Trinajstić information content (AvgIpc) is 3.01. The maximum Gasteiger partial charge on any atom is 0.261 e. The maximum absolute atomic E-state index is 12.9. The second kappa shape index (κ2) is 8.83. The Morgan fingerprint density at radius 3 is 2.40 bits per heavy atom. The highest BCUT2D eigenvalue weighted by molar-refractivity contribution is 8.13. The van der Waals surface area contributed by atoms with Gasteiger partial charge in [-0.05, 0) is 43.5 Å². The summed E-state index contributed by atoms with van der Waals surface area (Å²) in [6.45, 7) is 2.88. The van der Waals surface area contributed by atoms with Gasteiger partial charge in [-0.2, -0.15) is 0 Å². The van der Waals surface area contributed by atoms with E-state index >= 15 is 0 Å². The van der Waals surface area contributed by atoms with Gasteiger partial charge in [-0.3, -0.25) is 24.2 Å². The molecule has 3 amide bonds. The number of amides is 3. The third-order valence-electron chi connectivity index (χ3n) is 5.27. The topological polar surface area (TPSA) is 70.1 Å². The summed E-state index contributed by atoms with van der Waals surface area (Å²) in [6, 6.07) is 14.7. The summed E-state index contributed by atoms with van der Waals surface area (Å²) in [6.07, 6.45) is 1.62. The Bertz CT molecular complexity index is 999. The number of hydrogen-bond acceptors (Lipinski definition) is 5. The van der Waals surface area contributed by atoms with Gasteiger partial charge in [0, 0.05) is 25.3 Å². The molecule has 0 aliphatic carbocycles. The van der Waals surface area contributed by atoms with Gasteiger partial charge in [-0.15, -0.1) is 0 Å². The van der Waals surface area contributed by atoms with E-state index in [1.54, 1.807) is 40.9 Å². The summed E-state index contributed by atoms with van der Waals surface area (Å²) in [5.41, 5.74) is 2.81. The molecule has 2 aromatic carbocycles. The SMILES string of the molecule is Cc1ccccc1N=C1SCCCN1C(=O)CCCN1C(=O)c2ccccc2C1=O. The molecule has 1 fully saturated rings. The minimum absolute atomic E-state index is 0.0221. The van der Waals surface area contributed by atoms with Crippen LogP contribution in [0.4, 0.5) is 5.69 Å². The molecule has 2 heterocycles. The van der Waals surface area contributed by atoms with Crippen LogP contribution >= 0.6 is 11.8 Å². The molecule has 2 aromatic rings. The Labute approximate surface area is 180 Å². The minimum Gasteiger partial charge on any atom is -0.291 e. The van der Waals surface area contributed by atoms with Gasteiger partial charge >= 0.3 is 0 Å². The third kappa shape index (κ3) is 4.03. The second-order valence-electron chi connectivity index (χ2n) is 7.34. The molecule has 0 unspecified atom stereocenters. The summed E-state index contributed by atoms with van der Waals surface area (Å²) in [5.74, 6) is 0.353. The number of thioether (sulfide) groups is 1. The molecule has 0 aromatic heterocycles. The van der Waals surface area contributed by atoms with E-state index in [-0.39, 0.29) is 30.7 Å². The van der Waals surface area contributed by atoms with Gasteiger partial charge in [-0.25, -0.2) is 4.99 Å². The van der Waals surface area contributed by atoms with E-state index in [0.29, 0.717) is 24.1 Å². The van der Waals surface area contributed by atoms with E-state index in [4.69, 9.17) is 4.99 Å². The van der Waals surface area contributed by atoms with Gasteiger partial charge in [0.1, 0.15) is 0 Å². The minimum atomic E-state index is -0.279. The van der Waals surface area contributed by atoms with Gasteiger partial charge in [-0.1, -0.05) is 42.1 Å². The lowest BCUT2D eigenvalue weighted by Crippen LogP contribution is -2.39. The molecule has 2 aliphatic rings. The summed E-state index contributed by atoms with van der Waals surface area (Å²) in [4.78, 5) is 45.5. The van der Waals surface area contributed by atoms with E-state index in [2.05, 4.69) is 0 Å². The number of carbonyl (C=O) groups excluding carboxylic acids is 3. The molecule has 0 spiro atoms. The van der Waals surface area contributed by atoms with E-state index in [9.17, 15) is 14.4 Å². The summed E-state index contributed by atoms with van der Waals surface area (Å²) < 4.78 is 0. The molecule has 7 heteroatoms. The van der Waals surface area contributed by atoms with Crippen molar-refractivity contribution in [1.82, 2.24) is 9.80 Å². The Morgan fingerprint density at radius 1 is 1.03 bits per heavy atom. The first kappa shape index (κ1) is 20.3. The van der Waals surface area contributed by atoms with E-state index < -0.39 is 0 Å². The Hall–Kier alpha value is -2.93. The number of imide groups is 1. The molecule has 4 rings (SSSR count). The summed E-state index contributed by atoms with van der Waals surface area (Å²) in [5, 5.41) is 0.723. The zero-order chi connectivity index (χ0) is 21.1. The predicted molar refractivity (Wildman–Crippen MR) is 118 cm³/mol. The largest absolute Gasteiger partial charge is 0.291 e. The number of hydrogen-bond donors (Lipinski definition) is 0. The lowest BCUT2D eigenvalue weighted by atomic mass is 10.1. The van der Waals surface area contributed by atoms with Crippen molar-refractivity contribution in [3.05, 3.63) is 65.2 Å². The summed E-state index contributed by atoms with van der Waals surface area (Å²) >= 11 is 1.59. The number of aliphatic imine (C=N–C) groups is 1. The molecule has 154 valence electrons. The predicted octanol–water partition coefficient (Wildman–Crippen LogP) is 4.02. The molecule has 0 N–H and O–H groups in total. The Kier molecular flexibility index (Phi) is 5.99. The van der Waals surface area contributed by atoms with Crippen LogP contribution in [0.15, 0.2) is 53.5 Å². The lowest BCUT2D eigenvalue weighted by Gasteiger charge is -2.28. The van der Waals surface area contributed by atoms with Gasteiger partial charge in [0.25, 0.3) is 11.8 Å². The molecule has 1 saturated heterocycles. The average molecular weight is 422 g/mol. The fraction of sp³-hybridized carbons (Fsp3) is 0.304. The van der Waals surface area contributed by atoms with Crippen LogP contribution in [0.2, 0.25) is 0 Å². The van der Waals surface area contributed by atoms with Crippen molar-refractivity contribution >= 4 is 40.3 Å². The Balaban J connectivity index is 1.39. The van der Waals surface area contributed by atoms with Crippen molar-refractivity contribution in [2.24, 2.45) is 4.99 Å². The molecule has 30 heavy (non-hydrogen) atoms. The number of nitrogens with zero attached hydrogens (tertiary/aromatic N) is 3. The third-order valence-corrected chi connectivity index (χ3v) is 6.33. The van der Waals surface area contributed by atoms with E-state index in [1.807, 2.05) is 31.2 Å². The second-order valence-corrected chi connectivity index (χ2v) is 8.40. The number of fused-ring (bicyclic) bond motifs is 1. The first-order valence-corrected chi connectivity index (χ1v) is 11.1. The van der Waals surface area contributed by atoms with E-state index in [0.717, 1.165) is 28.6 Å². The van der Waals surface area contributed by atoms with Gasteiger partial charge in [0.05, 0.1) is 16.8 Å². The normalized spacial score (nSPS) is 17.6. The lowest BCUT2D eigenvalue weighted by molar-refractivity contribution is -0.127. The van der Waals surface area contributed by atoms with Crippen LogP contribution in [0.1, 0.15) is 45.5 Å². The first-order chi connectivity index (χ1) is 14.6. The fourth-order valence-electron chi connectivity index (χ4n) is 3.64. The van der Waals surface area contributed by atoms with Crippen molar-refractivity contribution in [2.75, 3.05) is 18.8 Å². The highest BCUT2D eigenvalue weighted by Gasteiger charge is 2.34. The summed E-state index contributed by atoms with van der Waals surface area (Å²) in [7, 11) is 0. The molecule has 0 saturated carbocycles. The number of para-hydroxylation sites is 1. The van der Waals surface area contributed by atoms with Crippen LogP contribution in [0.3, 0.4) is 0 Å². The van der Waals surface area contributed by atoms with Crippen LogP contribution in [0.5, 0.6) is 0 Å². The number of rotatable bonds is 5. The zero-order valence-corrected chi connectivity index (χ0v) is 17.7. The number of benzene rings is 2. The van der Waals surface area contributed by atoms with Gasteiger partial charge < -0.3 is 0 Å². The molecule has 0 bridgehead atoms.